The Morgan fingerprint density at radius 1 is 1.30 bits per heavy atom. The molecule has 0 aliphatic heterocycles. The molecule has 10 heavy (non-hydrogen) atoms. The molecule has 0 spiro atoms. The van der Waals surface area contributed by atoms with Gasteiger partial charge in [-0.1, -0.05) is 0 Å². The number of hydrogen-bond acceptors (Lipinski definition) is 2. The third-order valence-corrected chi connectivity index (χ3v) is 0. The largest absolute Gasteiger partial charge is 0.481 e. The minimum absolute atomic E-state index is 0. The molecule has 0 heterocycles. The van der Waals surface area contributed by atoms with E-state index < -0.39 is 13.8 Å². The fourth-order valence-electron chi connectivity index (χ4n) is 0. The molecule has 0 aliphatic rings. The van der Waals surface area contributed by atoms with Gasteiger partial charge in [0, 0.05) is 6.92 Å². The van der Waals surface area contributed by atoms with Crippen molar-refractivity contribution in [3.63, 3.8) is 0 Å². The number of phosphoric acid groups is 1. The van der Waals surface area contributed by atoms with Crippen molar-refractivity contribution in [1.82, 2.24) is 0 Å². The fraction of sp³-hybridized carbons (Fsp3) is 0.500. The standard InChI is InChI=1S/C2H4O2.H3O4P.H2O/c1-2(3)4;1-5(2,3)4;/h1H3,(H,3,4);(H3,1,2,3,4);1H2. The Labute approximate surface area is 56.5 Å². The van der Waals surface area contributed by atoms with Crippen LogP contribution < -0.4 is 0 Å². The maximum atomic E-state index is 9.00. The lowest BCUT2D eigenvalue weighted by molar-refractivity contribution is -0.134. The molecule has 6 N–H and O–H groups in total. The monoisotopic (exact) mass is 176 g/mol. The first-order valence-corrected chi connectivity index (χ1v) is 3.28. The molecule has 0 amide bonds. The summed E-state index contributed by atoms with van der Waals surface area (Å²) in [6.45, 7) is 1.08. The van der Waals surface area contributed by atoms with Gasteiger partial charge in [0.15, 0.2) is 0 Å². The molecule has 7 nitrogen and oxygen atoms in total. The second-order valence-corrected chi connectivity index (χ2v) is 2.06. The lowest BCUT2D eigenvalue weighted by atomic mass is 10.9. The molecule has 0 atom stereocenters. The number of carboxylic acids is 1. The quantitative estimate of drug-likeness (QED) is 0.324. The molecule has 0 saturated carbocycles. The van der Waals surface area contributed by atoms with Crippen LogP contribution >= 0.6 is 7.82 Å². The van der Waals surface area contributed by atoms with Crippen LogP contribution in [0.1, 0.15) is 6.92 Å². The van der Waals surface area contributed by atoms with Crippen LogP contribution in [0.2, 0.25) is 0 Å². The molecule has 0 aromatic heterocycles. The maximum Gasteiger partial charge on any atom is 0.466 e. The zero-order valence-electron chi connectivity index (χ0n) is 5.05. The SMILES string of the molecule is CC(=O)O.O.O=P(O)(O)O. The van der Waals surface area contributed by atoms with Crippen LogP contribution in [0.15, 0.2) is 0 Å². The minimum Gasteiger partial charge on any atom is -0.481 e. The van der Waals surface area contributed by atoms with E-state index in [0.29, 0.717) is 0 Å². The van der Waals surface area contributed by atoms with Crippen molar-refractivity contribution in [2.24, 2.45) is 0 Å². The van der Waals surface area contributed by atoms with E-state index in [9.17, 15) is 0 Å². The minimum atomic E-state index is -4.64. The van der Waals surface area contributed by atoms with Crippen LogP contribution in [0.25, 0.3) is 0 Å². The average Bonchev–Trinajstić information content (AvgIpc) is 1.19. The van der Waals surface area contributed by atoms with Crippen LogP contribution in [0, 0.1) is 0 Å². The van der Waals surface area contributed by atoms with E-state index in [-0.39, 0.29) is 5.48 Å². The molecule has 0 unspecified atom stereocenters. The van der Waals surface area contributed by atoms with E-state index in [2.05, 4.69) is 0 Å². The summed E-state index contributed by atoms with van der Waals surface area (Å²) < 4.78 is 8.88. The Kier molecular flexibility index (Phi) is 10.8. The molecule has 0 radical (unpaired) electrons. The van der Waals surface area contributed by atoms with Gasteiger partial charge in [-0.25, -0.2) is 4.57 Å². The molecule has 0 aromatic rings. The van der Waals surface area contributed by atoms with E-state index in [4.69, 9.17) is 29.1 Å². The van der Waals surface area contributed by atoms with Gasteiger partial charge >= 0.3 is 7.82 Å². The summed E-state index contributed by atoms with van der Waals surface area (Å²) in [6.07, 6.45) is 0. The van der Waals surface area contributed by atoms with Crippen molar-refractivity contribution in [1.29, 1.82) is 0 Å². The van der Waals surface area contributed by atoms with Crippen molar-refractivity contribution in [3.05, 3.63) is 0 Å². The van der Waals surface area contributed by atoms with Crippen LogP contribution in [0.5, 0.6) is 0 Å². The van der Waals surface area contributed by atoms with Gasteiger partial charge in [-0.05, 0) is 0 Å². The summed E-state index contributed by atoms with van der Waals surface area (Å²) in [5, 5.41) is 7.42. The molecule has 0 rings (SSSR count). The summed E-state index contributed by atoms with van der Waals surface area (Å²) in [6, 6.07) is 0. The molecule has 0 fully saturated rings. The van der Waals surface area contributed by atoms with Crippen LogP contribution in [-0.4, -0.2) is 31.2 Å². The van der Waals surface area contributed by atoms with Crippen LogP contribution in [-0.2, 0) is 9.36 Å². The Morgan fingerprint density at radius 2 is 1.30 bits per heavy atom. The second kappa shape index (κ2) is 6.66. The highest BCUT2D eigenvalue weighted by Gasteiger charge is 2.00. The lowest BCUT2D eigenvalue weighted by Gasteiger charge is -1.82. The number of carboxylic acid groups (broad SMARTS) is 1. The summed E-state index contributed by atoms with van der Waals surface area (Å²) in [7, 11) is -4.64. The molecule has 0 aliphatic carbocycles. The fourth-order valence-corrected chi connectivity index (χ4v) is 0. The first-order chi connectivity index (χ1) is 3.73. The highest BCUT2D eigenvalue weighted by atomic mass is 31.2. The molecule has 0 bridgehead atoms. The van der Waals surface area contributed by atoms with Crippen molar-refractivity contribution in [2.45, 2.75) is 6.92 Å². The lowest BCUT2D eigenvalue weighted by Crippen LogP contribution is -1.78. The van der Waals surface area contributed by atoms with Gasteiger partial charge in [-0.2, -0.15) is 0 Å². The van der Waals surface area contributed by atoms with Gasteiger partial charge in [-0.3, -0.25) is 4.79 Å². The third-order valence-electron chi connectivity index (χ3n) is 0. The van der Waals surface area contributed by atoms with E-state index in [1.807, 2.05) is 0 Å². The number of hydrogen-bond donors (Lipinski definition) is 4. The van der Waals surface area contributed by atoms with E-state index in [1.54, 1.807) is 0 Å². The highest BCUT2D eigenvalue weighted by molar-refractivity contribution is 7.45. The smallest absolute Gasteiger partial charge is 0.466 e. The van der Waals surface area contributed by atoms with Gasteiger partial charge in [0.2, 0.25) is 0 Å². The van der Waals surface area contributed by atoms with Gasteiger partial charge in [-0.15, -0.1) is 0 Å². The van der Waals surface area contributed by atoms with Crippen molar-refractivity contribution in [3.8, 4) is 0 Å². The van der Waals surface area contributed by atoms with Gasteiger partial charge in [0.1, 0.15) is 0 Å². The summed E-state index contributed by atoms with van der Waals surface area (Å²) >= 11 is 0. The second-order valence-electron chi connectivity index (χ2n) is 1.03. The van der Waals surface area contributed by atoms with Gasteiger partial charge in [0.25, 0.3) is 5.97 Å². The summed E-state index contributed by atoms with van der Waals surface area (Å²) in [4.78, 5) is 30.6. The van der Waals surface area contributed by atoms with Crippen molar-refractivity contribution >= 4 is 13.8 Å². The Morgan fingerprint density at radius 3 is 1.30 bits per heavy atom. The van der Waals surface area contributed by atoms with Crippen molar-refractivity contribution < 1.29 is 34.6 Å². The Hall–Kier alpha value is -0.460. The van der Waals surface area contributed by atoms with E-state index in [0.717, 1.165) is 6.92 Å². The first-order valence-electron chi connectivity index (χ1n) is 1.71. The Bertz CT molecular complexity index is 111. The highest BCUT2D eigenvalue weighted by Crippen LogP contribution is 2.25. The predicted molar refractivity (Wildman–Crippen MR) is 31.2 cm³/mol. The van der Waals surface area contributed by atoms with E-state index in [1.165, 1.54) is 0 Å². The van der Waals surface area contributed by atoms with Gasteiger partial charge < -0.3 is 25.3 Å². The Balaban J connectivity index is -0.0000000910. The maximum absolute atomic E-state index is 9.00. The van der Waals surface area contributed by atoms with Gasteiger partial charge in [0.05, 0.1) is 0 Å². The molecule has 0 aromatic carbocycles. The topological polar surface area (TPSA) is 147 Å². The van der Waals surface area contributed by atoms with E-state index >= 15 is 0 Å². The third kappa shape index (κ3) is 1520. The molecule has 0 saturated heterocycles. The molecule has 64 valence electrons. The first kappa shape index (κ1) is 16.3. The predicted octanol–water partition coefficient (Wildman–Crippen LogP) is -1.66. The zero-order chi connectivity index (χ0) is 8.08. The molecular weight excluding hydrogens is 167 g/mol. The number of carbonyl (C=O) groups is 1. The normalized spacial score (nSPS) is 8.40. The molecular formula is C2H9O7P. The zero-order valence-corrected chi connectivity index (χ0v) is 5.95. The summed E-state index contributed by atoms with van der Waals surface area (Å²) in [5.41, 5.74) is 0. The molecule has 8 heteroatoms. The van der Waals surface area contributed by atoms with Crippen LogP contribution in [0.3, 0.4) is 0 Å². The average molecular weight is 176 g/mol. The van der Waals surface area contributed by atoms with Crippen molar-refractivity contribution in [2.75, 3.05) is 0 Å². The van der Waals surface area contributed by atoms with Crippen LogP contribution in [0.4, 0.5) is 0 Å². The number of rotatable bonds is 0. The number of aliphatic carboxylic acids is 1. The summed E-state index contributed by atoms with van der Waals surface area (Å²) in [5.74, 6) is -0.833.